The highest BCUT2D eigenvalue weighted by atomic mass is 19.4. The van der Waals surface area contributed by atoms with Gasteiger partial charge in [-0.2, -0.15) is 36.3 Å². The van der Waals surface area contributed by atoms with Crippen LogP contribution in [0.4, 0.5) is 26.3 Å². The van der Waals surface area contributed by atoms with Crippen molar-refractivity contribution in [3.63, 3.8) is 0 Å². The predicted octanol–water partition coefficient (Wildman–Crippen LogP) is 3.15. The molecular weight excluding hydrogens is 368 g/mol. The normalized spacial score (nSPS) is 11.5. The minimum atomic E-state index is -4.69. The number of rotatable bonds is 4. The van der Waals surface area contributed by atoms with Gasteiger partial charge < -0.3 is 9.47 Å². The summed E-state index contributed by atoms with van der Waals surface area (Å²) in [5.41, 5.74) is 0.531. The van der Waals surface area contributed by atoms with E-state index in [0.29, 0.717) is 5.56 Å². The smallest absolute Gasteiger partial charge is 0.422 e. The number of benzene rings is 1. The van der Waals surface area contributed by atoms with E-state index in [1.807, 2.05) is 0 Å². The van der Waals surface area contributed by atoms with E-state index < -0.39 is 43.4 Å². The Bertz CT molecular complexity index is 761. The molecule has 0 N–H and O–H groups in total. The summed E-state index contributed by atoms with van der Waals surface area (Å²) in [6, 6.07) is 6.67. The lowest BCUT2D eigenvalue weighted by Gasteiger charge is -2.10. The van der Waals surface area contributed by atoms with Crippen molar-refractivity contribution in [2.45, 2.75) is 12.4 Å². The molecule has 0 unspecified atom stereocenters. The lowest BCUT2D eigenvalue weighted by atomic mass is 10.2. The second kappa shape index (κ2) is 7.90. The van der Waals surface area contributed by atoms with Gasteiger partial charge in [-0.25, -0.2) is 0 Å². The second-order valence-electron chi connectivity index (χ2n) is 4.65. The first-order valence-electron chi connectivity index (χ1n) is 6.83. The van der Waals surface area contributed by atoms with E-state index >= 15 is 0 Å². The van der Waals surface area contributed by atoms with Crippen LogP contribution < -0.4 is 9.47 Å². The van der Waals surface area contributed by atoms with Crippen molar-refractivity contribution in [2.75, 3.05) is 13.2 Å². The van der Waals surface area contributed by atoms with Gasteiger partial charge in [0.15, 0.2) is 13.2 Å². The molecule has 138 valence electrons. The van der Waals surface area contributed by atoms with Gasteiger partial charge in [-0.05, 0) is 18.1 Å². The minimum absolute atomic E-state index is 0.404. The molecule has 5 nitrogen and oxygen atoms in total. The largest absolute Gasteiger partial charge is 0.454 e. The fraction of sp³-hybridized carbons (Fsp3) is 0.267. The van der Waals surface area contributed by atoms with Crippen LogP contribution in [0.2, 0.25) is 0 Å². The average Bonchev–Trinajstić information content (AvgIpc) is 2.56. The molecule has 2 aromatic rings. The number of hydrogen-bond donors (Lipinski definition) is 0. The van der Waals surface area contributed by atoms with E-state index in [-0.39, 0.29) is 0 Å². The first-order chi connectivity index (χ1) is 12.1. The molecule has 0 saturated heterocycles. The molecule has 0 spiro atoms. The van der Waals surface area contributed by atoms with Crippen molar-refractivity contribution < 1.29 is 35.8 Å². The topological polar surface area (TPSA) is 57.1 Å². The van der Waals surface area contributed by atoms with Crippen LogP contribution in [-0.4, -0.2) is 40.5 Å². The monoisotopic (exact) mass is 377 g/mol. The minimum Gasteiger partial charge on any atom is -0.454 e. The fourth-order valence-corrected chi connectivity index (χ4v) is 1.47. The van der Waals surface area contributed by atoms with Gasteiger partial charge >= 0.3 is 24.4 Å². The second-order valence-corrected chi connectivity index (χ2v) is 4.65. The average molecular weight is 377 g/mol. The molecule has 0 aliphatic rings. The summed E-state index contributed by atoms with van der Waals surface area (Å²) in [6.07, 6.45) is -9.37. The Morgan fingerprint density at radius 1 is 0.731 bits per heavy atom. The molecular formula is C15H9F6N3O2. The molecule has 0 bridgehead atoms. The van der Waals surface area contributed by atoms with Crippen LogP contribution in [0.1, 0.15) is 11.4 Å². The van der Waals surface area contributed by atoms with Crippen molar-refractivity contribution >= 4 is 0 Å². The molecule has 11 heteroatoms. The summed E-state index contributed by atoms with van der Waals surface area (Å²) >= 11 is 0. The van der Waals surface area contributed by atoms with Gasteiger partial charge in [0, 0.05) is 5.56 Å². The van der Waals surface area contributed by atoms with E-state index in [9.17, 15) is 26.3 Å². The highest BCUT2D eigenvalue weighted by molar-refractivity contribution is 5.38. The number of halogens is 6. The van der Waals surface area contributed by atoms with E-state index in [2.05, 4.69) is 36.3 Å². The Morgan fingerprint density at radius 2 is 1.23 bits per heavy atom. The number of hydrogen-bond acceptors (Lipinski definition) is 5. The maximum Gasteiger partial charge on any atom is 0.422 e. The van der Waals surface area contributed by atoms with Gasteiger partial charge in [0.2, 0.25) is 5.82 Å². The molecule has 0 fully saturated rings. The Kier molecular flexibility index (Phi) is 5.86. The molecule has 0 amide bonds. The third-order valence-electron chi connectivity index (χ3n) is 2.42. The summed E-state index contributed by atoms with van der Waals surface area (Å²) in [5, 5.41) is 0. The van der Waals surface area contributed by atoms with Crippen molar-refractivity contribution in [3.8, 4) is 23.9 Å². The molecule has 1 aromatic heterocycles. The zero-order valence-corrected chi connectivity index (χ0v) is 12.7. The summed E-state index contributed by atoms with van der Waals surface area (Å²) < 4.78 is 81.9. The van der Waals surface area contributed by atoms with Crippen LogP contribution in [-0.2, 0) is 0 Å². The van der Waals surface area contributed by atoms with Crippen LogP contribution in [0.3, 0.4) is 0 Å². The van der Waals surface area contributed by atoms with Gasteiger partial charge in [0.1, 0.15) is 0 Å². The lowest BCUT2D eigenvalue weighted by Crippen LogP contribution is -2.22. The molecule has 1 aromatic carbocycles. The van der Waals surface area contributed by atoms with Gasteiger partial charge in [0.25, 0.3) is 0 Å². The predicted molar refractivity (Wildman–Crippen MR) is 75.3 cm³/mol. The molecule has 0 aliphatic carbocycles. The van der Waals surface area contributed by atoms with Gasteiger partial charge in [0.05, 0.1) is 0 Å². The molecule has 0 saturated carbocycles. The van der Waals surface area contributed by atoms with Crippen molar-refractivity contribution in [3.05, 3.63) is 41.7 Å². The molecule has 26 heavy (non-hydrogen) atoms. The SMILES string of the molecule is FC(F)(F)COc1nc(C#Cc2ccccc2)nc(OCC(F)(F)F)n1. The Balaban J connectivity index is 2.26. The summed E-state index contributed by atoms with van der Waals surface area (Å²) in [6.45, 7) is -3.47. The third kappa shape index (κ3) is 7.25. The van der Waals surface area contributed by atoms with Crippen LogP contribution in [0.5, 0.6) is 12.0 Å². The van der Waals surface area contributed by atoms with E-state index in [0.717, 1.165) is 0 Å². The third-order valence-corrected chi connectivity index (χ3v) is 2.42. The van der Waals surface area contributed by atoms with Crippen molar-refractivity contribution in [1.29, 1.82) is 0 Å². The van der Waals surface area contributed by atoms with Crippen LogP contribution in [0.25, 0.3) is 0 Å². The number of aromatic nitrogens is 3. The van der Waals surface area contributed by atoms with Gasteiger partial charge in [-0.1, -0.05) is 24.1 Å². The highest BCUT2D eigenvalue weighted by Gasteiger charge is 2.30. The fourth-order valence-electron chi connectivity index (χ4n) is 1.47. The van der Waals surface area contributed by atoms with Gasteiger partial charge in [-0.15, -0.1) is 4.98 Å². The standard InChI is InChI=1S/C15H9F6N3O2/c16-14(17,18)8-25-12-22-11(7-6-10-4-2-1-3-5-10)23-13(24-12)26-9-15(19,20)21/h1-5H,8-9H2. The van der Waals surface area contributed by atoms with E-state index in [1.165, 1.54) is 0 Å². The zero-order chi connectivity index (χ0) is 19.2. The van der Waals surface area contributed by atoms with Crippen LogP contribution in [0, 0.1) is 11.8 Å². The van der Waals surface area contributed by atoms with E-state index in [4.69, 9.17) is 0 Å². The lowest BCUT2D eigenvalue weighted by molar-refractivity contribution is -0.156. The highest BCUT2D eigenvalue weighted by Crippen LogP contribution is 2.19. The summed E-state index contributed by atoms with van der Waals surface area (Å²) in [4.78, 5) is 10.3. The number of alkyl halides is 6. The van der Waals surface area contributed by atoms with Gasteiger partial charge in [-0.3, -0.25) is 0 Å². The Morgan fingerprint density at radius 3 is 1.69 bits per heavy atom. The zero-order valence-electron chi connectivity index (χ0n) is 12.7. The summed E-state index contributed by atoms with van der Waals surface area (Å²) in [5.74, 6) is 4.60. The Hall–Kier alpha value is -3.03. The number of ether oxygens (including phenoxy) is 2. The molecule has 0 radical (unpaired) electrons. The molecule has 0 atom stereocenters. The maximum atomic E-state index is 12.2. The molecule has 0 aliphatic heterocycles. The van der Waals surface area contributed by atoms with Crippen molar-refractivity contribution in [1.82, 2.24) is 15.0 Å². The first kappa shape index (κ1) is 19.3. The maximum absolute atomic E-state index is 12.2. The van der Waals surface area contributed by atoms with Crippen molar-refractivity contribution in [2.24, 2.45) is 0 Å². The summed E-state index contributed by atoms with van der Waals surface area (Å²) in [7, 11) is 0. The number of nitrogens with zero attached hydrogens (tertiary/aromatic N) is 3. The van der Waals surface area contributed by atoms with Crippen LogP contribution in [0.15, 0.2) is 30.3 Å². The first-order valence-corrected chi connectivity index (χ1v) is 6.83. The quantitative estimate of drug-likeness (QED) is 0.605. The Labute approximate surface area is 143 Å². The molecule has 1 heterocycles. The van der Waals surface area contributed by atoms with E-state index in [1.54, 1.807) is 30.3 Å². The van der Waals surface area contributed by atoms with Crippen LogP contribution >= 0.6 is 0 Å². The molecule has 2 rings (SSSR count).